The Balaban J connectivity index is 2.22. The topological polar surface area (TPSA) is 58.6 Å². The summed E-state index contributed by atoms with van der Waals surface area (Å²) in [6.45, 7) is 1.50. The molecule has 0 amide bonds. The van der Waals surface area contributed by atoms with Crippen molar-refractivity contribution in [2.75, 3.05) is 20.3 Å². The lowest BCUT2D eigenvalue weighted by atomic mass is 9.86. The van der Waals surface area contributed by atoms with Gasteiger partial charge >= 0.3 is 5.97 Å². The number of hydrogen-bond donors (Lipinski definition) is 2. The van der Waals surface area contributed by atoms with Crippen LogP contribution in [0.4, 0.5) is 0 Å². The fourth-order valence-electron chi connectivity index (χ4n) is 1.96. The fourth-order valence-corrected chi connectivity index (χ4v) is 1.96. The van der Waals surface area contributed by atoms with Crippen LogP contribution in [0, 0.1) is 5.92 Å². The minimum absolute atomic E-state index is 0.149. The maximum atomic E-state index is 10.8. The molecule has 0 aliphatic heterocycles. The quantitative estimate of drug-likeness (QED) is 0.648. The van der Waals surface area contributed by atoms with Crippen LogP contribution >= 0.6 is 0 Å². The van der Waals surface area contributed by atoms with E-state index in [0.717, 1.165) is 32.2 Å². The number of rotatable bonds is 5. The first-order chi connectivity index (χ1) is 6.74. The Morgan fingerprint density at radius 1 is 1.57 bits per heavy atom. The zero-order chi connectivity index (χ0) is 10.4. The monoisotopic (exact) mass is 201 g/mol. The molecule has 14 heavy (non-hydrogen) atoms. The average Bonchev–Trinajstić information content (AvgIpc) is 2.19. The number of aliphatic carboxylic acids is 1. The minimum Gasteiger partial charge on any atom is -0.481 e. The number of nitrogens with one attached hydrogen (secondary N) is 1. The van der Waals surface area contributed by atoms with Crippen LogP contribution in [0.15, 0.2) is 0 Å². The van der Waals surface area contributed by atoms with Crippen molar-refractivity contribution in [1.82, 2.24) is 5.32 Å². The Morgan fingerprint density at radius 3 is 3.00 bits per heavy atom. The summed E-state index contributed by atoms with van der Waals surface area (Å²) in [5.74, 6) is -0.799. The van der Waals surface area contributed by atoms with Crippen molar-refractivity contribution >= 4 is 5.97 Å². The van der Waals surface area contributed by atoms with Gasteiger partial charge in [0.1, 0.15) is 0 Å². The van der Waals surface area contributed by atoms with Crippen LogP contribution in [-0.2, 0) is 9.53 Å². The summed E-state index contributed by atoms with van der Waals surface area (Å²) in [6.07, 6.45) is 3.70. The van der Waals surface area contributed by atoms with E-state index in [1.54, 1.807) is 7.11 Å². The third-order valence-electron chi connectivity index (χ3n) is 2.76. The van der Waals surface area contributed by atoms with Gasteiger partial charge < -0.3 is 15.2 Å². The highest BCUT2D eigenvalue weighted by atomic mass is 16.5. The van der Waals surface area contributed by atoms with Crippen molar-refractivity contribution in [3.63, 3.8) is 0 Å². The molecule has 2 unspecified atom stereocenters. The van der Waals surface area contributed by atoms with E-state index >= 15 is 0 Å². The highest BCUT2D eigenvalue weighted by molar-refractivity contribution is 5.70. The van der Waals surface area contributed by atoms with E-state index in [4.69, 9.17) is 9.84 Å². The minimum atomic E-state index is -0.650. The number of carboxylic acid groups (broad SMARTS) is 1. The molecule has 4 heteroatoms. The summed E-state index contributed by atoms with van der Waals surface area (Å²) in [7, 11) is 1.67. The third-order valence-corrected chi connectivity index (χ3v) is 2.76. The largest absolute Gasteiger partial charge is 0.481 e. The summed E-state index contributed by atoms with van der Waals surface area (Å²) in [4.78, 5) is 10.8. The van der Waals surface area contributed by atoms with Gasteiger partial charge in [0.2, 0.25) is 0 Å². The lowest BCUT2D eigenvalue weighted by Crippen LogP contribution is -2.37. The molecule has 0 aromatic carbocycles. The molecule has 1 aliphatic carbocycles. The standard InChI is InChI=1S/C10H19NO3/c1-14-6-5-11-9-4-2-3-8(7-9)10(12)13/h8-9,11H,2-7H2,1H3,(H,12,13). The number of methoxy groups -OCH3 is 1. The van der Waals surface area contributed by atoms with Gasteiger partial charge in [-0.25, -0.2) is 0 Å². The van der Waals surface area contributed by atoms with Crippen LogP contribution in [0.1, 0.15) is 25.7 Å². The molecule has 82 valence electrons. The second-order valence-electron chi connectivity index (χ2n) is 3.85. The molecule has 0 aromatic heterocycles. The van der Waals surface area contributed by atoms with Crippen molar-refractivity contribution in [3.05, 3.63) is 0 Å². The Kier molecular flexibility index (Phi) is 4.90. The first-order valence-corrected chi connectivity index (χ1v) is 5.19. The molecule has 0 aromatic rings. The van der Waals surface area contributed by atoms with E-state index in [9.17, 15) is 4.79 Å². The molecule has 1 saturated carbocycles. The smallest absolute Gasteiger partial charge is 0.306 e. The SMILES string of the molecule is COCCNC1CCCC(C(=O)O)C1. The van der Waals surface area contributed by atoms with Gasteiger partial charge in [0, 0.05) is 19.7 Å². The molecular weight excluding hydrogens is 182 g/mol. The molecule has 0 heterocycles. The van der Waals surface area contributed by atoms with E-state index in [0.29, 0.717) is 12.6 Å². The summed E-state index contributed by atoms with van der Waals surface area (Å²) < 4.78 is 4.93. The molecule has 2 atom stereocenters. The summed E-state index contributed by atoms with van der Waals surface area (Å²) in [6, 6.07) is 0.361. The van der Waals surface area contributed by atoms with Crippen LogP contribution in [0.5, 0.6) is 0 Å². The summed E-state index contributed by atoms with van der Waals surface area (Å²) in [5.41, 5.74) is 0. The summed E-state index contributed by atoms with van der Waals surface area (Å²) in [5, 5.41) is 12.2. The van der Waals surface area contributed by atoms with Crippen LogP contribution in [-0.4, -0.2) is 37.4 Å². The van der Waals surface area contributed by atoms with E-state index in [2.05, 4.69) is 5.32 Å². The van der Waals surface area contributed by atoms with Gasteiger partial charge in [-0.2, -0.15) is 0 Å². The Hall–Kier alpha value is -0.610. The fraction of sp³-hybridized carbons (Fsp3) is 0.900. The molecule has 2 N–H and O–H groups in total. The van der Waals surface area contributed by atoms with Gasteiger partial charge in [-0.05, 0) is 19.3 Å². The molecule has 1 fully saturated rings. The van der Waals surface area contributed by atoms with Gasteiger partial charge in [0.05, 0.1) is 12.5 Å². The van der Waals surface area contributed by atoms with Crippen LogP contribution in [0.3, 0.4) is 0 Å². The van der Waals surface area contributed by atoms with Gasteiger partial charge in [0.25, 0.3) is 0 Å². The van der Waals surface area contributed by atoms with E-state index in [1.165, 1.54) is 0 Å². The van der Waals surface area contributed by atoms with Gasteiger partial charge in [0.15, 0.2) is 0 Å². The molecule has 1 rings (SSSR count). The molecule has 0 saturated heterocycles. The molecule has 4 nitrogen and oxygen atoms in total. The Bertz CT molecular complexity index is 184. The molecular formula is C10H19NO3. The van der Waals surface area contributed by atoms with Gasteiger partial charge in [-0.3, -0.25) is 4.79 Å². The van der Waals surface area contributed by atoms with Crippen molar-refractivity contribution in [1.29, 1.82) is 0 Å². The number of carbonyl (C=O) groups is 1. The number of carboxylic acids is 1. The third kappa shape index (κ3) is 3.64. The number of hydrogen-bond acceptors (Lipinski definition) is 3. The second kappa shape index (κ2) is 5.98. The van der Waals surface area contributed by atoms with Gasteiger partial charge in [-0.1, -0.05) is 6.42 Å². The van der Waals surface area contributed by atoms with Gasteiger partial charge in [-0.15, -0.1) is 0 Å². The zero-order valence-electron chi connectivity index (χ0n) is 8.66. The molecule has 0 spiro atoms. The van der Waals surface area contributed by atoms with Crippen LogP contribution in [0.25, 0.3) is 0 Å². The number of ether oxygens (including phenoxy) is 1. The molecule has 1 aliphatic rings. The molecule has 0 bridgehead atoms. The van der Waals surface area contributed by atoms with E-state index < -0.39 is 5.97 Å². The molecule has 0 radical (unpaired) electrons. The maximum Gasteiger partial charge on any atom is 0.306 e. The van der Waals surface area contributed by atoms with Crippen LogP contribution in [0.2, 0.25) is 0 Å². The highest BCUT2D eigenvalue weighted by Crippen LogP contribution is 2.24. The first kappa shape index (κ1) is 11.5. The normalized spacial score (nSPS) is 27.5. The second-order valence-corrected chi connectivity index (χ2v) is 3.85. The lowest BCUT2D eigenvalue weighted by Gasteiger charge is -2.27. The van der Waals surface area contributed by atoms with Crippen LogP contribution < -0.4 is 5.32 Å². The summed E-state index contributed by atoms with van der Waals surface area (Å²) >= 11 is 0. The lowest BCUT2D eigenvalue weighted by molar-refractivity contribution is -0.143. The van der Waals surface area contributed by atoms with Crippen molar-refractivity contribution < 1.29 is 14.6 Å². The van der Waals surface area contributed by atoms with E-state index in [1.807, 2.05) is 0 Å². The zero-order valence-corrected chi connectivity index (χ0v) is 8.66. The maximum absolute atomic E-state index is 10.8. The van der Waals surface area contributed by atoms with Crippen molar-refractivity contribution in [2.24, 2.45) is 5.92 Å². The highest BCUT2D eigenvalue weighted by Gasteiger charge is 2.26. The first-order valence-electron chi connectivity index (χ1n) is 5.19. The van der Waals surface area contributed by atoms with Crippen molar-refractivity contribution in [3.8, 4) is 0 Å². The average molecular weight is 201 g/mol. The Morgan fingerprint density at radius 2 is 2.36 bits per heavy atom. The van der Waals surface area contributed by atoms with E-state index in [-0.39, 0.29) is 5.92 Å². The predicted octanol–water partition coefficient (Wildman–Crippen LogP) is 0.866. The van der Waals surface area contributed by atoms with Crippen molar-refractivity contribution in [2.45, 2.75) is 31.7 Å². The predicted molar refractivity (Wildman–Crippen MR) is 53.3 cm³/mol. The Labute approximate surface area is 84.6 Å².